The molecule has 1 N–H and O–H groups in total. The second-order valence-electron chi connectivity index (χ2n) is 10.8. The van der Waals surface area contributed by atoms with Gasteiger partial charge in [0.15, 0.2) is 0 Å². The number of nitrogens with zero attached hydrogens (tertiary/aromatic N) is 3. The van der Waals surface area contributed by atoms with E-state index in [-0.39, 0.29) is 6.03 Å². The van der Waals surface area contributed by atoms with E-state index < -0.39 is 0 Å². The Morgan fingerprint density at radius 2 is 1.88 bits per heavy atom. The summed E-state index contributed by atoms with van der Waals surface area (Å²) in [7, 11) is 0. The number of thiophene rings is 1. The highest BCUT2D eigenvalue weighted by molar-refractivity contribution is 7.17. The van der Waals surface area contributed by atoms with Crippen LogP contribution in [0, 0.1) is 5.92 Å². The number of carbonyl (C=O) groups excluding carboxylic acids is 1. The van der Waals surface area contributed by atoms with Crippen LogP contribution in [-0.4, -0.2) is 67.2 Å². The van der Waals surface area contributed by atoms with Crippen molar-refractivity contribution in [2.24, 2.45) is 5.92 Å². The molecule has 2 saturated heterocycles. The van der Waals surface area contributed by atoms with Gasteiger partial charge in [0.05, 0.1) is 0 Å². The van der Waals surface area contributed by atoms with Crippen molar-refractivity contribution in [3.63, 3.8) is 0 Å². The van der Waals surface area contributed by atoms with E-state index in [0.29, 0.717) is 12.1 Å². The van der Waals surface area contributed by atoms with Crippen molar-refractivity contribution in [2.75, 3.05) is 44.2 Å². The number of nitrogens with one attached hydrogen (secondary N) is 1. The molecule has 6 heteroatoms. The quantitative estimate of drug-likeness (QED) is 0.682. The van der Waals surface area contributed by atoms with Crippen molar-refractivity contribution in [3.8, 4) is 0 Å². The van der Waals surface area contributed by atoms with E-state index in [1.807, 2.05) is 16.2 Å². The molecule has 3 fully saturated rings. The summed E-state index contributed by atoms with van der Waals surface area (Å²) in [5, 5.41) is 7.25. The first-order valence-electron chi connectivity index (χ1n) is 13.3. The number of fused-ring (bicyclic) bond motifs is 2. The SMILES string of the molecule is O=C(NC1CCC(CCN2CCN3c4cccc5scc(c45)CC3C2)CC1)N1CCCCC1. The van der Waals surface area contributed by atoms with Crippen molar-refractivity contribution in [1.82, 2.24) is 15.1 Å². The number of likely N-dealkylation sites (tertiary alicyclic amines) is 1. The molecule has 0 spiro atoms. The third kappa shape index (κ3) is 4.49. The van der Waals surface area contributed by atoms with E-state index in [9.17, 15) is 4.79 Å². The lowest BCUT2D eigenvalue weighted by molar-refractivity contribution is 0.170. The summed E-state index contributed by atoms with van der Waals surface area (Å²) in [5.74, 6) is 0.828. The predicted octanol–water partition coefficient (Wildman–Crippen LogP) is 5.09. The summed E-state index contributed by atoms with van der Waals surface area (Å²) >= 11 is 1.91. The molecule has 2 amide bonds. The fourth-order valence-corrected chi connectivity index (χ4v) is 7.71. The zero-order chi connectivity index (χ0) is 22.2. The molecule has 178 valence electrons. The molecule has 1 unspecified atom stereocenters. The number of urea groups is 1. The zero-order valence-electron chi connectivity index (χ0n) is 19.8. The van der Waals surface area contributed by atoms with Crippen molar-refractivity contribution in [2.45, 2.75) is 69.9 Å². The Morgan fingerprint density at radius 1 is 1.03 bits per heavy atom. The summed E-state index contributed by atoms with van der Waals surface area (Å²) in [4.78, 5) is 20.0. The van der Waals surface area contributed by atoms with Gasteiger partial charge in [-0.2, -0.15) is 0 Å². The van der Waals surface area contributed by atoms with E-state index in [0.717, 1.165) is 38.4 Å². The van der Waals surface area contributed by atoms with Crippen LogP contribution in [0.2, 0.25) is 0 Å². The lowest BCUT2D eigenvalue weighted by Crippen LogP contribution is -2.55. The number of piperazine rings is 1. The number of amides is 2. The Labute approximate surface area is 202 Å². The third-order valence-electron chi connectivity index (χ3n) is 8.66. The lowest BCUT2D eigenvalue weighted by Gasteiger charge is -2.45. The average Bonchev–Trinajstić information content (AvgIpc) is 3.28. The van der Waals surface area contributed by atoms with Crippen LogP contribution in [0.3, 0.4) is 0 Å². The molecule has 5 nitrogen and oxygen atoms in total. The summed E-state index contributed by atoms with van der Waals surface area (Å²) in [6.07, 6.45) is 11.0. The maximum atomic E-state index is 12.5. The summed E-state index contributed by atoms with van der Waals surface area (Å²) < 4.78 is 1.45. The van der Waals surface area contributed by atoms with Gasteiger partial charge in [0.2, 0.25) is 0 Å². The van der Waals surface area contributed by atoms with Gasteiger partial charge >= 0.3 is 6.03 Å². The second kappa shape index (κ2) is 9.46. The molecule has 4 heterocycles. The van der Waals surface area contributed by atoms with Crippen LogP contribution in [-0.2, 0) is 6.42 Å². The van der Waals surface area contributed by atoms with Crippen LogP contribution in [0.15, 0.2) is 23.6 Å². The number of benzene rings is 1. The Balaban J connectivity index is 0.960. The fraction of sp³-hybridized carbons (Fsp3) is 0.667. The molecule has 1 saturated carbocycles. The fourth-order valence-electron chi connectivity index (χ4n) is 6.72. The smallest absolute Gasteiger partial charge is 0.317 e. The minimum atomic E-state index is 0.188. The molecule has 1 aromatic heterocycles. The van der Waals surface area contributed by atoms with Gasteiger partial charge in [-0.15, -0.1) is 11.3 Å². The number of carbonyl (C=O) groups is 1. The molecule has 4 aliphatic rings. The van der Waals surface area contributed by atoms with Crippen LogP contribution in [0.25, 0.3) is 10.1 Å². The van der Waals surface area contributed by atoms with Gasteiger partial charge < -0.3 is 15.1 Å². The van der Waals surface area contributed by atoms with E-state index >= 15 is 0 Å². The third-order valence-corrected chi connectivity index (χ3v) is 9.65. The van der Waals surface area contributed by atoms with E-state index in [1.54, 1.807) is 5.56 Å². The van der Waals surface area contributed by atoms with Gasteiger partial charge in [-0.3, -0.25) is 4.90 Å². The van der Waals surface area contributed by atoms with Crippen LogP contribution in [0.1, 0.15) is 56.9 Å². The molecule has 2 aromatic rings. The van der Waals surface area contributed by atoms with Crippen molar-refractivity contribution in [1.29, 1.82) is 0 Å². The molecular formula is C27H38N4OS. The standard InChI is InChI=1S/C27H38N4OS/c32-27(30-12-2-1-3-13-30)28-22-9-7-20(8-10-22)11-14-29-15-16-31-23(18-29)17-21-19-33-25-6-4-5-24(31)26(21)25/h4-6,19-20,22-23H,1-3,7-18H2,(H,28,32). The predicted molar refractivity (Wildman–Crippen MR) is 137 cm³/mol. The molecule has 1 atom stereocenters. The highest BCUT2D eigenvalue weighted by atomic mass is 32.1. The Bertz CT molecular complexity index is 976. The minimum Gasteiger partial charge on any atom is -0.365 e. The zero-order valence-corrected chi connectivity index (χ0v) is 20.6. The molecule has 1 aromatic carbocycles. The average molecular weight is 467 g/mol. The molecule has 0 bridgehead atoms. The first kappa shape index (κ1) is 21.7. The Morgan fingerprint density at radius 3 is 2.73 bits per heavy atom. The summed E-state index contributed by atoms with van der Waals surface area (Å²) in [6.45, 7) is 6.67. The van der Waals surface area contributed by atoms with Crippen LogP contribution >= 0.6 is 11.3 Å². The van der Waals surface area contributed by atoms with Gasteiger partial charge in [0.1, 0.15) is 0 Å². The molecule has 3 aliphatic heterocycles. The Kier molecular flexibility index (Phi) is 6.22. The van der Waals surface area contributed by atoms with Crippen LogP contribution in [0.4, 0.5) is 10.5 Å². The number of hydrogen-bond donors (Lipinski definition) is 1. The first-order chi connectivity index (χ1) is 16.2. The van der Waals surface area contributed by atoms with Crippen molar-refractivity contribution >= 4 is 33.1 Å². The highest BCUT2D eigenvalue weighted by Crippen LogP contribution is 2.41. The van der Waals surface area contributed by atoms with Gasteiger partial charge in [0.25, 0.3) is 0 Å². The van der Waals surface area contributed by atoms with Gasteiger partial charge in [-0.05, 0) is 93.3 Å². The number of piperidine rings is 1. The number of hydrogen-bond acceptors (Lipinski definition) is 4. The van der Waals surface area contributed by atoms with Crippen molar-refractivity contribution in [3.05, 3.63) is 29.1 Å². The van der Waals surface area contributed by atoms with Crippen LogP contribution in [0.5, 0.6) is 0 Å². The largest absolute Gasteiger partial charge is 0.365 e. The molecular weight excluding hydrogens is 428 g/mol. The normalized spacial score (nSPS) is 28.1. The van der Waals surface area contributed by atoms with E-state index in [2.05, 4.69) is 38.7 Å². The maximum Gasteiger partial charge on any atom is 0.317 e. The topological polar surface area (TPSA) is 38.8 Å². The lowest BCUT2D eigenvalue weighted by atomic mass is 9.84. The van der Waals surface area contributed by atoms with Gasteiger partial charge in [-0.25, -0.2) is 4.79 Å². The molecule has 33 heavy (non-hydrogen) atoms. The molecule has 0 radical (unpaired) electrons. The Hall–Kier alpha value is -1.79. The van der Waals surface area contributed by atoms with E-state index in [4.69, 9.17) is 0 Å². The van der Waals surface area contributed by atoms with E-state index in [1.165, 1.54) is 80.4 Å². The number of rotatable bonds is 4. The number of anilines is 1. The molecule has 6 rings (SSSR count). The van der Waals surface area contributed by atoms with Crippen molar-refractivity contribution < 1.29 is 4.79 Å². The summed E-state index contributed by atoms with van der Waals surface area (Å²) in [5.41, 5.74) is 3.04. The maximum absolute atomic E-state index is 12.5. The van der Waals surface area contributed by atoms with Gasteiger partial charge in [-0.1, -0.05) is 6.07 Å². The second-order valence-corrected chi connectivity index (χ2v) is 11.7. The monoisotopic (exact) mass is 466 g/mol. The summed E-state index contributed by atoms with van der Waals surface area (Å²) in [6, 6.07) is 8.06. The van der Waals surface area contributed by atoms with Crippen LogP contribution < -0.4 is 10.2 Å². The van der Waals surface area contributed by atoms with Gasteiger partial charge in [0, 0.05) is 60.6 Å². The molecule has 1 aliphatic carbocycles. The minimum absolute atomic E-state index is 0.188. The first-order valence-corrected chi connectivity index (χ1v) is 14.2. The highest BCUT2D eigenvalue weighted by Gasteiger charge is 2.33.